The van der Waals surface area contributed by atoms with Crippen molar-refractivity contribution in [3.05, 3.63) is 65.7 Å². The Morgan fingerprint density at radius 2 is 1.80 bits per heavy atom. The number of anilines is 1. The van der Waals surface area contributed by atoms with Gasteiger partial charge in [-0.3, -0.25) is 4.79 Å². The zero-order valence-corrected chi connectivity index (χ0v) is 17.7. The molecular formula is C23H21N3O3S. The van der Waals surface area contributed by atoms with Gasteiger partial charge in [-0.15, -0.1) is 0 Å². The molecule has 0 atom stereocenters. The van der Waals surface area contributed by atoms with Crippen LogP contribution in [0.25, 0.3) is 11.3 Å². The Morgan fingerprint density at radius 3 is 2.47 bits per heavy atom. The molecule has 0 radical (unpaired) electrons. The third kappa shape index (κ3) is 5.10. The van der Waals surface area contributed by atoms with Crippen LogP contribution < -0.4 is 14.8 Å². The number of hydrogen-bond donors (Lipinski definition) is 1. The number of pyridine rings is 1. The van der Waals surface area contributed by atoms with E-state index in [1.807, 2.05) is 43.3 Å². The summed E-state index contributed by atoms with van der Waals surface area (Å²) in [6.07, 6.45) is 0. The summed E-state index contributed by atoms with van der Waals surface area (Å²) in [6.45, 7) is 1.99. The van der Waals surface area contributed by atoms with Gasteiger partial charge >= 0.3 is 0 Å². The van der Waals surface area contributed by atoms with Crippen molar-refractivity contribution in [2.45, 2.75) is 11.9 Å². The molecule has 0 saturated carbocycles. The Bertz CT molecular complexity index is 1090. The van der Waals surface area contributed by atoms with Gasteiger partial charge in [-0.1, -0.05) is 29.5 Å². The number of ether oxygens (including phenoxy) is 2. The molecule has 1 heterocycles. The van der Waals surface area contributed by atoms with E-state index in [1.165, 1.54) is 11.8 Å². The lowest BCUT2D eigenvalue weighted by Gasteiger charge is -2.11. The Labute approximate surface area is 179 Å². The second kappa shape index (κ2) is 9.81. The lowest BCUT2D eigenvalue weighted by Crippen LogP contribution is -2.14. The van der Waals surface area contributed by atoms with E-state index in [-0.39, 0.29) is 11.7 Å². The maximum atomic E-state index is 12.3. The Morgan fingerprint density at radius 1 is 1.07 bits per heavy atom. The summed E-state index contributed by atoms with van der Waals surface area (Å²) in [7, 11) is 3.15. The van der Waals surface area contributed by atoms with E-state index in [0.717, 1.165) is 16.8 Å². The number of aryl methyl sites for hydroxylation is 1. The molecule has 1 N–H and O–H groups in total. The third-order valence-electron chi connectivity index (χ3n) is 4.34. The second-order valence-corrected chi connectivity index (χ2v) is 7.40. The smallest absolute Gasteiger partial charge is 0.234 e. The molecule has 7 heteroatoms. The van der Waals surface area contributed by atoms with Crippen LogP contribution in [-0.4, -0.2) is 30.9 Å². The number of amides is 1. The number of nitriles is 1. The van der Waals surface area contributed by atoms with Gasteiger partial charge in [-0.05, 0) is 49.4 Å². The molecule has 0 spiro atoms. The van der Waals surface area contributed by atoms with Gasteiger partial charge in [0.05, 0.1) is 31.2 Å². The quantitative estimate of drug-likeness (QED) is 0.560. The molecule has 0 aliphatic carbocycles. The SMILES string of the molecule is COc1ccc(-c2ccc(C#N)c(SCC(=O)Nc3ccc(C)cc3)n2)cc1OC. The minimum atomic E-state index is -0.161. The van der Waals surface area contributed by atoms with Crippen molar-refractivity contribution in [3.8, 4) is 28.8 Å². The third-order valence-corrected chi connectivity index (χ3v) is 5.33. The maximum absolute atomic E-state index is 12.3. The number of thioether (sulfide) groups is 1. The van der Waals surface area contributed by atoms with E-state index in [9.17, 15) is 10.1 Å². The number of carbonyl (C=O) groups is 1. The fourth-order valence-corrected chi connectivity index (χ4v) is 3.53. The van der Waals surface area contributed by atoms with Crippen molar-refractivity contribution in [2.24, 2.45) is 0 Å². The van der Waals surface area contributed by atoms with E-state index in [4.69, 9.17) is 9.47 Å². The van der Waals surface area contributed by atoms with Crippen molar-refractivity contribution < 1.29 is 14.3 Å². The zero-order chi connectivity index (χ0) is 21.5. The standard InChI is InChI=1S/C23H21N3O3S/c1-15-4-8-18(9-5-15)25-22(27)14-30-23-17(13-24)6-10-19(26-23)16-7-11-20(28-2)21(12-16)29-3/h4-12H,14H2,1-3H3,(H,25,27). The van der Waals surface area contributed by atoms with Gasteiger partial charge < -0.3 is 14.8 Å². The van der Waals surface area contributed by atoms with E-state index >= 15 is 0 Å². The highest BCUT2D eigenvalue weighted by molar-refractivity contribution is 8.00. The highest BCUT2D eigenvalue weighted by Crippen LogP contribution is 2.33. The molecule has 0 fully saturated rings. The van der Waals surface area contributed by atoms with Gasteiger partial charge in [0.15, 0.2) is 11.5 Å². The van der Waals surface area contributed by atoms with Crippen molar-refractivity contribution in [1.29, 1.82) is 5.26 Å². The Balaban J connectivity index is 1.77. The first-order valence-corrected chi connectivity index (χ1v) is 10.2. The van der Waals surface area contributed by atoms with Gasteiger partial charge in [0.2, 0.25) is 5.91 Å². The minimum absolute atomic E-state index is 0.144. The van der Waals surface area contributed by atoms with Crippen molar-refractivity contribution >= 4 is 23.4 Å². The van der Waals surface area contributed by atoms with Crippen LogP contribution in [0.5, 0.6) is 11.5 Å². The highest BCUT2D eigenvalue weighted by atomic mass is 32.2. The molecule has 0 aliphatic rings. The van der Waals surface area contributed by atoms with Crippen LogP contribution in [0.3, 0.4) is 0 Å². The molecule has 1 amide bonds. The van der Waals surface area contributed by atoms with Gasteiger partial charge in [0.25, 0.3) is 0 Å². The first-order valence-electron chi connectivity index (χ1n) is 9.17. The van der Waals surface area contributed by atoms with Crippen LogP contribution in [0.4, 0.5) is 5.69 Å². The monoisotopic (exact) mass is 419 g/mol. The first-order chi connectivity index (χ1) is 14.5. The Kier molecular flexibility index (Phi) is 6.94. The summed E-state index contributed by atoms with van der Waals surface area (Å²) in [6, 6.07) is 18.7. The van der Waals surface area contributed by atoms with Crippen LogP contribution in [-0.2, 0) is 4.79 Å². The molecule has 0 bridgehead atoms. The topological polar surface area (TPSA) is 84.2 Å². The molecule has 0 unspecified atom stereocenters. The largest absolute Gasteiger partial charge is 0.493 e. The van der Waals surface area contributed by atoms with Gasteiger partial charge in [0, 0.05) is 11.3 Å². The summed E-state index contributed by atoms with van der Waals surface area (Å²) in [5.41, 5.74) is 3.78. The van der Waals surface area contributed by atoms with Crippen LogP contribution in [0.15, 0.2) is 59.6 Å². The molecule has 152 valence electrons. The van der Waals surface area contributed by atoms with E-state index in [1.54, 1.807) is 32.4 Å². The fraction of sp³-hybridized carbons (Fsp3) is 0.174. The molecule has 0 saturated heterocycles. The van der Waals surface area contributed by atoms with Crippen molar-refractivity contribution in [2.75, 3.05) is 25.3 Å². The number of nitrogens with zero attached hydrogens (tertiary/aromatic N) is 2. The van der Waals surface area contributed by atoms with Crippen LogP contribution in [0.2, 0.25) is 0 Å². The van der Waals surface area contributed by atoms with Gasteiger partial charge in [-0.2, -0.15) is 5.26 Å². The lowest BCUT2D eigenvalue weighted by atomic mass is 10.1. The number of carbonyl (C=O) groups excluding carboxylic acids is 1. The van der Waals surface area contributed by atoms with Gasteiger partial charge in [-0.25, -0.2) is 4.98 Å². The van der Waals surface area contributed by atoms with E-state index in [2.05, 4.69) is 16.4 Å². The van der Waals surface area contributed by atoms with Crippen molar-refractivity contribution in [1.82, 2.24) is 4.98 Å². The van der Waals surface area contributed by atoms with Crippen LogP contribution >= 0.6 is 11.8 Å². The minimum Gasteiger partial charge on any atom is -0.493 e. The summed E-state index contributed by atoms with van der Waals surface area (Å²) < 4.78 is 10.6. The number of methoxy groups -OCH3 is 2. The molecule has 2 aromatic carbocycles. The first kappa shape index (κ1) is 21.2. The summed E-state index contributed by atoms with van der Waals surface area (Å²) in [5, 5.41) is 12.8. The number of benzene rings is 2. The number of hydrogen-bond acceptors (Lipinski definition) is 6. The molecule has 30 heavy (non-hydrogen) atoms. The normalized spacial score (nSPS) is 10.2. The van der Waals surface area contributed by atoms with Crippen molar-refractivity contribution in [3.63, 3.8) is 0 Å². The predicted octanol–water partition coefficient (Wildman–Crippen LogP) is 4.68. The summed E-state index contributed by atoms with van der Waals surface area (Å²) >= 11 is 1.23. The zero-order valence-electron chi connectivity index (χ0n) is 16.9. The van der Waals surface area contributed by atoms with E-state index < -0.39 is 0 Å². The van der Waals surface area contributed by atoms with E-state index in [0.29, 0.717) is 27.8 Å². The highest BCUT2D eigenvalue weighted by Gasteiger charge is 2.13. The summed E-state index contributed by atoms with van der Waals surface area (Å²) in [5.74, 6) is 1.20. The summed E-state index contributed by atoms with van der Waals surface area (Å²) in [4.78, 5) is 16.9. The average Bonchev–Trinajstić information content (AvgIpc) is 2.78. The average molecular weight is 420 g/mol. The van der Waals surface area contributed by atoms with Gasteiger partial charge in [0.1, 0.15) is 11.1 Å². The Hall–Kier alpha value is -3.50. The fourth-order valence-electron chi connectivity index (χ4n) is 2.76. The number of aromatic nitrogens is 1. The number of rotatable bonds is 7. The van der Waals surface area contributed by atoms with Crippen LogP contribution in [0.1, 0.15) is 11.1 Å². The lowest BCUT2D eigenvalue weighted by molar-refractivity contribution is -0.113. The molecular weight excluding hydrogens is 398 g/mol. The molecule has 3 rings (SSSR count). The van der Waals surface area contributed by atoms with Crippen LogP contribution in [0, 0.1) is 18.3 Å². The second-order valence-electron chi connectivity index (χ2n) is 6.43. The number of nitrogens with one attached hydrogen (secondary N) is 1. The molecule has 0 aliphatic heterocycles. The molecule has 3 aromatic rings. The maximum Gasteiger partial charge on any atom is 0.234 e. The molecule has 1 aromatic heterocycles. The predicted molar refractivity (Wildman–Crippen MR) is 118 cm³/mol. The molecule has 6 nitrogen and oxygen atoms in total.